The van der Waals surface area contributed by atoms with Crippen LogP contribution in [0.5, 0.6) is 0 Å². The number of anilines is 1. The molecule has 3 aliphatic heterocycles. The van der Waals surface area contributed by atoms with E-state index in [1.807, 2.05) is 0 Å². The van der Waals surface area contributed by atoms with Gasteiger partial charge in [0.1, 0.15) is 41.9 Å². The second-order valence-electron chi connectivity index (χ2n) is 11.4. The van der Waals surface area contributed by atoms with Crippen LogP contribution in [0.3, 0.4) is 0 Å². The molecule has 0 aliphatic carbocycles. The normalized spacial score (nSPS) is 22.3. The number of imide groups is 1. The summed E-state index contributed by atoms with van der Waals surface area (Å²) in [6.07, 6.45) is -2.10. The molecule has 21 nitrogen and oxygen atoms in total. The number of esters is 1. The summed E-state index contributed by atoms with van der Waals surface area (Å²) in [4.78, 5) is 114. The monoisotopic (exact) mass is 797 g/mol. The van der Waals surface area contributed by atoms with E-state index >= 15 is 0 Å². The number of carbonyl (C=O) groups excluding carboxylic acids is 8. The first-order valence-corrected chi connectivity index (χ1v) is 16.4. The number of nitrogens with one attached hydrogen (secondary N) is 3. The number of carboxylic acid groups (broad SMARTS) is 2. The predicted octanol–water partition coefficient (Wildman–Crippen LogP) is -4.30. The summed E-state index contributed by atoms with van der Waals surface area (Å²) >= 11 is 0.946. The molecule has 0 bridgehead atoms. The van der Waals surface area contributed by atoms with Crippen LogP contribution in [0.25, 0.3) is 0 Å². The van der Waals surface area contributed by atoms with Crippen LogP contribution in [0.15, 0.2) is 35.5 Å². The van der Waals surface area contributed by atoms with Gasteiger partial charge in [0.05, 0.1) is 31.6 Å². The molecule has 0 saturated carbocycles. The fraction of sp³-hybridized carbons (Fsp3) is 0.433. The predicted molar refractivity (Wildman–Crippen MR) is 188 cm³/mol. The molecule has 284 valence electrons. The second kappa shape index (κ2) is 19.8. The number of benzene rings is 1. The molecule has 2 saturated heterocycles. The second-order valence-corrected chi connectivity index (χ2v) is 12.6. The van der Waals surface area contributed by atoms with Gasteiger partial charge in [-0.1, -0.05) is 12.1 Å². The molecule has 3 aliphatic rings. The number of ether oxygens (including phenoxy) is 3. The van der Waals surface area contributed by atoms with Crippen LogP contribution in [0.2, 0.25) is 0 Å². The molecule has 0 aromatic heterocycles. The number of quaternary nitrogens is 1. The first kappa shape index (κ1) is 46.6. The molecule has 1 aromatic rings. The van der Waals surface area contributed by atoms with E-state index in [0.717, 1.165) is 23.6 Å². The molecule has 5 atom stereocenters. The molecule has 0 spiro atoms. The third-order valence-electron chi connectivity index (χ3n) is 8.32. The number of likely N-dealkylation sites (N-methyl/N-ethyl adjacent to an activating group) is 1. The number of β-lactam (4-membered cyclic amide) rings is 1. The molecule has 4 rings (SSSR count). The van der Waals surface area contributed by atoms with Gasteiger partial charge in [-0.05, 0) is 13.0 Å². The van der Waals surface area contributed by atoms with Crippen LogP contribution in [0.1, 0.15) is 13.8 Å². The number of urea groups is 1. The van der Waals surface area contributed by atoms with Crippen molar-refractivity contribution < 1.29 is 67.6 Å². The van der Waals surface area contributed by atoms with E-state index in [2.05, 4.69) is 16.0 Å². The number of hydrogen-bond donors (Lipinski definition) is 5. The first-order chi connectivity index (χ1) is 24.6. The Hall–Kier alpha value is -3.58. The summed E-state index contributed by atoms with van der Waals surface area (Å²) in [6, 6.07) is 3.31. The molecular formula is C30H37N7Na2O14S. The third-order valence-corrected chi connectivity index (χ3v) is 9.73. The van der Waals surface area contributed by atoms with Crippen molar-refractivity contribution in [3.63, 3.8) is 0 Å². The Morgan fingerprint density at radius 3 is 2.37 bits per heavy atom. The topological polar surface area (TPSA) is 293 Å². The number of hydrogen-bond acceptors (Lipinski definition) is 15. The maximum atomic E-state index is 13.7. The van der Waals surface area contributed by atoms with Gasteiger partial charge in [0.15, 0.2) is 11.8 Å². The number of methoxy groups -OCH3 is 1. The van der Waals surface area contributed by atoms with Crippen molar-refractivity contribution in [1.82, 2.24) is 24.9 Å². The van der Waals surface area contributed by atoms with Gasteiger partial charge in [0, 0.05) is 25.7 Å². The zero-order chi connectivity index (χ0) is 38.5. The molecule has 1 aromatic carbocycles. The van der Waals surface area contributed by atoms with Gasteiger partial charge < -0.3 is 45.6 Å². The van der Waals surface area contributed by atoms with Crippen molar-refractivity contribution in [2.75, 3.05) is 51.8 Å². The van der Waals surface area contributed by atoms with Crippen molar-refractivity contribution in [2.45, 2.75) is 36.7 Å². The number of piperazine rings is 1. The summed E-state index contributed by atoms with van der Waals surface area (Å²) in [5.74, 6) is -7.66. The Labute approximate surface area is 355 Å². The number of carbonyl (C=O) groups is 9. The third kappa shape index (κ3) is 9.80. The summed E-state index contributed by atoms with van der Waals surface area (Å²) in [6.45, 7) is 0.259. The van der Waals surface area contributed by atoms with Gasteiger partial charge in [-0.25, -0.2) is 28.6 Å². The minimum atomic E-state index is -1.64. The van der Waals surface area contributed by atoms with E-state index in [4.69, 9.17) is 19.9 Å². The number of nitrogens with zero attached hydrogens (tertiary/aromatic N) is 3. The molecule has 2 unspecified atom stereocenters. The van der Waals surface area contributed by atoms with Gasteiger partial charge in [0.25, 0.3) is 5.91 Å². The number of rotatable bonds is 13. The number of nitrogens with two attached hydrogens (primary N) is 1. The summed E-state index contributed by atoms with van der Waals surface area (Å²) in [5.41, 5.74) is 4.93. The molecule has 0 radical (unpaired) electrons. The van der Waals surface area contributed by atoms with Crippen LogP contribution in [0, 0.1) is 0 Å². The molecule has 3 heterocycles. The quantitative estimate of drug-likeness (QED) is 0.0415. The number of para-hydroxylation sites is 2. The molecule has 54 heavy (non-hydrogen) atoms. The summed E-state index contributed by atoms with van der Waals surface area (Å²) in [7, 11) is 1.26. The average Bonchev–Trinajstić information content (AvgIpc) is 3.10. The summed E-state index contributed by atoms with van der Waals surface area (Å²) in [5, 5.41) is 25.9. The van der Waals surface area contributed by atoms with Crippen molar-refractivity contribution in [1.29, 1.82) is 0 Å². The van der Waals surface area contributed by atoms with Gasteiger partial charge in [-0.3, -0.25) is 29.4 Å². The van der Waals surface area contributed by atoms with Crippen molar-refractivity contribution in [2.24, 2.45) is 5.73 Å². The van der Waals surface area contributed by atoms with Gasteiger partial charge in [0.2, 0.25) is 5.91 Å². The zero-order valence-electron chi connectivity index (χ0n) is 27.9. The van der Waals surface area contributed by atoms with Gasteiger partial charge in [-0.2, -0.15) is 0 Å². The van der Waals surface area contributed by atoms with Crippen molar-refractivity contribution >= 4 is 136 Å². The number of carboxylic acids is 2. The van der Waals surface area contributed by atoms with Crippen LogP contribution < -0.4 is 31.3 Å². The van der Waals surface area contributed by atoms with Gasteiger partial charge >= 0.3 is 95.0 Å². The van der Waals surface area contributed by atoms with Crippen LogP contribution in [0.4, 0.5) is 21.0 Å². The van der Waals surface area contributed by atoms with Gasteiger partial charge in [-0.15, -0.1) is 11.8 Å². The fourth-order valence-corrected chi connectivity index (χ4v) is 7.18. The van der Waals surface area contributed by atoms with E-state index in [9.17, 15) is 53.4 Å². The van der Waals surface area contributed by atoms with E-state index in [0.29, 0.717) is 4.90 Å². The summed E-state index contributed by atoms with van der Waals surface area (Å²) < 4.78 is 14.3. The van der Waals surface area contributed by atoms with E-state index in [1.54, 1.807) is 13.0 Å². The standard InChI is InChI=1S/C30H35N7O14S.2Na.2H/c1-4-37(18-8-6-5-7-17(18)33-30(48)51-13-16(31)27(43)44)10-9-35(24(41)26(37)42)29(47)32-11-19(39)34-22-15(12-50-14(2)38)20(28(45)46)36-23(40)21(49-3)25(36)52-22;;;;/h5-8,16,21-22,25H,4,9-13,31H2,1-3H3,(H4-,32,33,34,39,43,44,45,46,47,48);;;;/t16?,21-,22-,25+,37?;;;;/m1..../s1. The van der Waals surface area contributed by atoms with Crippen LogP contribution in [-0.2, 0) is 47.8 Å². The number of thioether (sulfide) groups is 1. The Bertz CT molecular complexity index is 1750. The number of aliphatic carboxylic acids is 2. The average molecular weight is 798 g/mol. The molecular weight excluding hydrogens is 760 g/mol. The van der Waals surface area contributed by atoms with E-state index in [1.165, 1.54) is 25.3 Å². The SMILES string of the molecule is CC[N+]1(c2ccccc2NC(=O)OCC(N)C(=O)[O-])CCN(C(=O)NCC(=O)N[C@@H]2S[C@H]3[C@H](OC)C(=O)N3C(C(=O)O)=C2COC(C)=O)C(=O)C1=O.[NaH].[NaH]. The van der Waals surface area contributed by atoms with Crippen LogP contribution >= 0.6 is 11.8 Å². The fourth-order valence-electron chi connectivity index (χ4n) is 5.66. The maximum absolute atomic E-state index is 13.7. The molecule has 6 N–H and O–H groups in total. The Morgan fingerprint density at radius 1 is 1.11 bits per heavy atom. The number of fused-ring (bicyclic) bond motifs is 1. The minimum absolute atomic E-state index is 0. The number of amides is 7. The Balaban J connectivity index is 0.00000504. The van der Waals surface area contributed by atoms with Crippen LogP contribution in [-0.4, -0.2) is 197 Å². The van der Waals surface area contributed by atoms with E-state index in [-0.39, 0.29) is 95.7 Å². The molecule has 2 fully saturated rings. The molecule has 7 amide bonds. The Kier molecular flexibility index (Phi) is 17.1. The van der Waals surface area contributed by atoms with Crippen molar-refractivity contribution in [3.05, 3.63) is 35.5 Å². The van der Waals surface area contributed by atoms with E-state index < -0.39 is 106 Å². The Morgan fingerprint density at radius 2 is 1.78 bits per heavy atom. The molecule has 24 heteroatoms. The van der Waals surface area contributed by atoms with Crippen molar-refractivity contribution in [3.8, 4) is 0 Å². The zero-order valence-corrected chi connectivity index (χ0v) is 28.8. The first-order valence-electron chi connectivity index (χ1n) is 15.5.